The number of amides is 3. The third kappa shape index (κ3) is 5.93. The first-order chi connectivity index (χ1) is 20.6. The van der Waals surface area contributed by atoms with E-state index in [4.69, 9.17) is 4.74 Å². The van der Waals surface area contributed by atoms with Gasteiger partial charge in [-0.1, -0.05) is 62.8 Å². The second-order valence-electron chi connectivity index (χ2n) is 12.9. The standard InChI is InChI=1S/C35H51N3O5/c1-7-16-26(5)37(20-9-3)33(42)30-35-23-25(4)34(6,43-35)28(29(35)32(41)38(30)21-14-11-15-22-39)31(40)36(19-8-2)24-27-17-12-10-13-18-27/h8-10,12-13,17-18,25-26,28-30,39H,2-3,7,11,14-16,19-24H2,1,4-6H3/t25?,26?,28-,29+,30?,34+,35?/m1/s1. The Kier molecular flexibility index (Phi) is 10.5. The average Bonchev–Trinajstić information content (AvgIpc) is 3.50. The first kappa shape index (κ1) is 32.9. The van der Waals surface area contributed by atoms with Crippen molar-refractivity contribution in [3.8, 4) is 0 Å². The van der Waals surface area contributed by atoms with Gasteiger partial charge in [-0.05, 0) is 57.4 Å². The highest BCUT2D eigenvalue weighted by atomic mass is 16.5. The van der Waals surface area contributed by atoms with Crippen LogP contribution in [0, 0.1) is 17.8 Å². The van der Waals surface area contributed by atoms with Gasteiger partial charge in [0, 0.05) is 38.8 Å². The molecule has 0 aromatic heterocycles. The second kappa shape index (κ2) is 13.8. The van der Waals surface area contributed by atoms with Gasteiger partial charge in [-0.25, -0.2) is 0 Å². The molecule has 3 saturated heterocycles. The van der Waals surface area contributed by atoms with Crippen molar-refractivity contribution in [2.45, 2.75) is 96.1 Å². The van der Waals surface area contributed by atoms with Crippen molar-refractivity contribution < 1.29 is 24.2 Å². The number of carbonyl (C=O) groups is 3. The molecule has 3 amide bonds. The topological polar surface area (TPSA) is 90.4 Å². The maximum absolute atomic E-state index is 14.6. The molecule has 3 fully saturated rings. The Hall–Kier alpha value is -2.97. The molecule has 236 valence electrons. The van der Waals surface area contributed by atoms with Gasteiger partial charge in [-0.15, -0.1) is 13.2 Å². The molecule has 1 spiro atoms. The van der Waals surface area contributed by atoms with Crippen molar-refractivity contribution in [2.24, 2.45) is 17.8 Å². The van der Waals surface area contributed by atoms with Crippen LogP contribution in [0.25, 0.3) is 0 Å². The summed E-state index contributed by atoms with van der Waals surface area (Å²) in [5.74, 6) is -1.92. The number of carbonyl (C=O) groups excluding carboxylic acids is 3. The highest BCUT2D eigenvalue weighted by Gasteiger charge is 2.80. The van der Waals surface area contributed by atoms with E-state index in [1.54, 1.807) is 22.0 Å². The summed E-state index contributed by atoms with van der Waals surface area (Å²) in [5, 5.41) is 9.34. The Balaban J connectivity index is 1.77. The van der Waals surface area contributed by atoms with Crippen molar-refractivity contribution in [2.75, 3.05) is 26.2 Å². The van der Waals surface area contributed by atoms with Crippen molar-refractivity contribution in [3.05, 3.63) is 61.2 Å². The van der Waals surface area contributed by atoms with E-state index >= 15 is 0 Å². The number of aliphatic hydroxyl groups is 1. The number of unbranched alkanes of at least 4 members (excludes halogenated alkanes) is 2. The maximum atomic E-state index is 14.6. The van der Waals surface area contributed by atoms with E-state index in [-0.39, 0.29) is 36.3 Å². The van der Waals surface area contributed by atoms with Gasteiger partial charge >= 0.3 is 0 Å². The van der Waals surface area contributed by atoms with Gasteiger partial charge in [0.15, 0.2) is 0 Å². The van der Waals surface area contributed by atoms with Crippen molar-refractivity contribution >= 4 is 17.7 Å². The summed E-state index contributed by atoms with van der Waals surface area (Å²) in [4.78, 5) is 49.1. The van der Waals surface area contributed by atoms with Gasteiger partial charge in [-0.3, -0.25) is 14.4 Å². The fourth-order valence-electron chi connectivity index (χ4n) is 7.95. The van der Waals surface area contributed by atoms with E-state index in [0.29, 0.717) is 45.4 Å². The van der Waals surface area contributed by atoms with Crippen molar-refractivity contribution in [1.29, 1.82) is 0 Å². The van der Waals surface area contributed by atoms with E-state index in [9.17, 15) is 19.5 Å². The summed E-state index contributed by atoms with van der Waals surface area (Å²) >= 11 is 0. The molecule has 1 aromatic rings. The van der Waals surface area contributed by atoms with E-state index in [0.717, 1.165) is 24.8 Å². The molecule has 3 aliphatic rings. The molecule has 4 unspecified atom stereocenters. The maximum Gasteiger partial charge on any atom is 0.248 e. The Bertz CT molecular complexity index is 1170. The number of rotatable bonds is 16. The summed E-state index contributed by atoms with van der Waals surface area (Å²) in [5.41, 5.74) is -0.971. The Morgan fingerprint density at radius 2 is 1.84 bits per heavy atom. The van der Waals surface area contributed by atoms with Crippen molar-refractivity contribution in [1.82, 2.24) is 14.7 Å². The lowest BCUT2D eigenvalue weighted by Crippen LogP contribution is -2.58. The van der Waals surface area contributed by atoms with Crippen LogP contribution in [-0.2, 0) is 25.7 Å². The van der Waals surface area contributed by atoms with Crippen LogP contribution in [-0.4, -0.2) is 87.1 Å². The molecule has 8 heteroatoms. The van der Waals surface area contributed by atoms with Crippen LogP contribution in [0.15, 0.2) is 55.6 Å². The zero-order chi connectivity index (χ0) is 31.4. The van der Waals surface area contributed by atoms with Crippen LogP contribution in [0.4, 0.5) is 0 Å². The molecule has 8 nitrogen and oxygen atoms in total. The summed E-state index contributed by atoms with van der Waals surface area (Å²) in [6.07, 6.45) is 7.78. The molecule has 3 heterocycles. The molecule has 7 atom stereocenters. The predicted molar refractivity (Wildman–Crippen MR) is 168 cm³/mol. The second-order valence-corrected chi connectivity index (χ2v) is 12.9. The Morgan fingerprint density at radius 1 is 1.14 bits per heavy atom. The van der Waals surface area contributed by atoms with E-state index in [2.05, 4.69) is 27.0 Å². The molecule has 4 rings (SSSR count). The number of fused-ring (bicyclic) bond motifs is 1. The molecule has 43 heavy (non-hydrogen) atoms. The van der Waals surface area contributed by atoms with Gasteiger partial charge in [0.05, 0.1) is 17.4 Å². The number of benzene rings is 1. The number of likely N-dealkylation sites (tertiary alicyclic amines) is 1. The van der Waals surface area contributed by atoms with Crippen LogP contribution in [0.3, 0.4) is 0 Å². The number of hydrogen-bond acceptors (Lipinski definition) is 5. The molecule has 0 aliphatic carbocycles. The minimum absolute atomic E-state index is 0.0293. The minimum Gasteiger partial charge on any atom is -0.396 e. The zero-order valence-corrected chi connectivity index (χ0v) is 26.5. The fraction of sp³-hybridized carbons (Fsp3) is 0.629. The van der Waals surface area contributed by atoms with E-state index in [1.807, 2.05) is 49.1 Å². The monoisotopic (exact) mass is 593 g/mol. The van der Waals surface area contributed by atoms with Crippen LogP contribution >= 0.6 is 0 Å². The first-order valence-electron chi connectivity index (χ1n) is 16.1. The van der Waals surface area contributed by atoms with Crippen LogP contribution in [0.1, 0.15) is 71.8 Å². The van der Waals surface area contributed by atoms with Crippen molar-refractivity contribution in [3.63, 3.8) is 0 Å². The third-order valence-corrected chi connectivity index (χ3v) is 10.1. The Labute approximate surface area is 257 Å². The molecule has 1 aromatic carbocycles. The molecule has 2 bridgehead atoms. The molecule has 0 saturated carbocycles. The smallest absolute Gasteiger partial charge is 0.248 e. The van der Waals surface area contributed by atoms with Crippen LogP contribution in [0.2, 0.25) is 0 Å². The van der Waals surface area contributed by atoms with Gasteiger partial charge in [0.2, 0.25) is 17.7 Å². The van der Waals surface area contributed by atoms with Gasteiger partial charge in [-0.2, -0.15) is 0 Å². The van der Waals surface area contributed by atoms with Gasteiger partial charge < -0.3 is 24.5 Å². The molecule has 3 aliphatic heterocycles. The number of nitrogens with zero attached hydrogens (tertiary/aromatic N) is 3. The Morgan fingerprint density at radius 3 is 2.47 bits per heavy atom. The van der Waals surface area contributed by atoms with Crippen LogP contribution in [0.5, 0.6) is 0 Å². The number of ether oxygens (including phenoxy) is 1. The summed E-state index contributed by atoms with van der Waals surface area (Å²) in [7, 11) is 0. The van der Waals surface area contributed by atoms with Gasteiger partial charge in [0.25, 0.3) is 0 Å². The number of aliphatic hydroxyl groups excluding tert-OH is 1. The third-order valence-electron chi connectivity index (χ3n) is 10.1. The highest BCUT2D eigenvalue weighted by Crippen LogP contribution is 2.65. The lowest BCUT2D eigenvalue weighted by molar-refractivity contribution is -0.156. The molecule has 1 N–H and O–H groups in total. The predicted octanol–water partition coefficient (Wildman–Crippen LogP) is 4.58. The SMILES string of the molecule is C=CCN(Cc1ccccc1)C(=O)[C@H]1[C@H]2C(=O)N(CCCCCO)C(C(=O)N(CC=C)C(C)CCC)C23CC(C)[C@]1(C)O3. The minimum atomic E-state index is -1.09. The molecule has 0 radical (unpaired) electrons. The fourth-order valence-corrected chi connectivity index (χ4v) is 7.95. The summed E-state index contributed by atoms with van der Waals surface area (Å²) in [6, 6.07) is 8.97. The first-order valence-corrected chi connectivity index (χ1v) is 16.1. The molecular formula is C35H51N3O5. The van der Waals surface area contributed by atoms with E-state index < -0.39 is 29.1 Å². The van der Waals surface area contributed by atoms with Crippen LogP contribution < -0.4 is 0 Å². The molecular weight excluding hydrogens is 542 g/mol. The quantitative estimate of drug-likeness (QED) is 0.224. The highest BCUT2D eigenvalue weighted by molar-refractivity contribution is 5.99. The lowest BCUT2D eigenvalue weighted by Gasteiger charge is -2.40. The largest absolute Gasteiger partial charge is 0.396 e. The lowest BCUT2D eigenvalue weighted by atomic mass is 9.62. The summed E-state index contributed by atoms with van der Waals surface area (Å²) < 4.78 is 6.98. The summed E-state index contributed by atoms with van der Waals surface area (Å²) in [6.45, 7) is 17.6. The average molecular weight is 594 g/mol. The normalized spacial score (nSPS) is 29.8. The van der Waals surface area contributed by atoms with E-state index in [1.165, 1.54) is 0 Å². The van der Waals surface area contributed by atoms with Gasteiger partial charge in [0.1, 0.15) is 11.6 Å². The number of hydrogen-bond donors (Lipinski definition) is 1. The zero-order valence-electron chi connectivity index (χ0n) is 26.5.